The van der Waals surface area contributed by atoms with Crippen molar-refractivity contribution in [2.75, 3.05) is 0 Å². The van der Waals surface area contributed by atoms with E-state index in [2.05, 4.69) is 33.0 Å². The third-order valence-corrected chi connectivity index (χ3v) is 3.43. The second-order valence-electron chi connectivity index (χ2n) is 6.51. The summed E-state index contributed by atoms with van der Waals surface area (Å²) in [6.45, 7) is 12.2. The van der Waals surface area contributed by atoms with Gasteiger partial charge >= 0.3 is 0 Å². The standard InChI is InChI=1S/C13H26N2O2/c1-8(2)10(11(14)16)15-9-7-12(3,4)17-13(9,5)6/h8-10,15H,7H2,1-6H3,(H2,14,16). The number of primary amides is 1. The Morgan fingerprint density at radius 2 is 1.88 bits per heavy atom. The fraction of sp³-hybridized carbons (Fsp3) is 0.923. The van der Waals surface area contributed by atoms with Crippen LogP contribution in [0.15, 0.2) is 0 Å². The second-order valence-corrected chi connectivity index (χ2v) is 6.51. The van der Waals surface area contributed by atoms with Crippen molar-refractivity contribution in [3.05, 3.63) is 0 Å². The van der Waals surface area contributed by atoms with Gasteiger partial charge in [-0.15, -0.1) is 0 Å². The molecule has 1 saturated heterocycles. The van der Waals surface area contributed by atoms with Crippen LogP contribution in [0.25, 0.3) is 0 Å². The molecule has 0 bridgehead atoms. The summed E-state index contributed by atoms with van der Waals surface area (Å²) in [4.78, 5) is 11.4. The molecule has 0 radical (unpaired) electrons. The van der Waals surface area contributed by atoms with Crippen molar-refractivity contribution >= 4 is 5.91 Å². The smallest absolute Gasteiger partial charge is 0.234 e. The first-order valence-electron chi connectivity index (χ1n) is 6.31. The van der Waals surface area contributed by atoms with Crippen molar-refractivity contribution in [1.82, 2.24) is 5.32 Å². The monoisotopic (exact) mass is 242 g/mol. The molecule has 1 aliphatic rings. The zero-order valence-corrected chi connectivity index (χ0v) is 11.8. The van der Waals surface area contributed by atoms with Gasteiger partial charge in [-0.3, -0.25) is 10.1 Å². The number of nitrogens with two attached hydrogens (primary N) is 1. The van der Waals surface area contributed by atoms with Gasteiger partial charge in [0.25, 0.3) is 0 Å². The molecule has 2 atom stereocenters. The average Bonchev–Trinajstić information content (AvgIpc) is 2.28. The number of ether oxygens (including phenoxy) is 1. The topological polar surface area (TPSA) is 64.3 Å². The zero-order valence-electron chi connectivity index (χ0n) is 11.8. The normalized spacial score (nSPS) is 28.3. The number of hydrogen-bond donors (Lipinski definition) is 2. The Balaban J connectivity index is 2.77. The summed E-state index contributed by atoms with van der Waals surface area (Å²) in [6, 6.07) is -0.144. The van der Waals surface area contributed by atoms with Crippen molar-refractivity contribution in [1.29, 1.82) is 0 Å². The number of carbonyl (C=O) groups is 1. The predicted octanol–water partition coefficient (Wildman–Crippen LogP) is 1.43. The van der Waals surface area contributed by atoms with Crippen LogP contribution in [0.5, 0.6) is 0 Å². The molecule has 100 valence electrons. The van der Waals surface area contributed by atoms with Crippen LogP contribution in [0.3, 0.4) is 0 Å². The fourth-order valence-electron chi connectivity index (χ4n) is 2.64. The van der Waals surface area contributed by atoms with Crippen LogP contribution in [-0.2, 0) is 9.53 Å². The van der Waals surface area contributed by atoms with Gasteiger partial charge in [0.15, 0.2) is 0 Å². The van der Waals surface area contributed by atoms with E-state index in [1.807, 2.05) is 13.8 Å². The minimum atomic E-state index is -0.295. The van der Waals surface area contributed by atoms with E-state index in [9.17, 15) is 4.79 Å². The molecule has 1 amide bonds. The Kier molecular flexibility index (Phi) is 3.89. The fourth-order valence-corrected chi connectivity index (χ4v) is 2.64. The molecule has 4 nitrogen and oxygen atoms in total. The second kappa shape index (κ2) is 4.58. The maximum absolute atomic E-state index is 11.4. The summed E-state index contributed by atoms with van der Waals surface area (Å²) >= 11 is 0. The number of carbonyl (C=O) groups excluding carboxylic acids is 1. The van der Waals surface area contributed by atoms with Crippen molar-refractivity contribution in [2.45, 2.75) is 71.2 Å². The van der Waals surface area contributed by atoms with E-state index in [0.717, 1.165) is 6.42 Å². The molecule has 0 aromatic heterocycles. The number of nitrogens with one attached hydrogen (secondary N) is 1. The highest BCUT2D eigenvalue weighted by molar-refractivity contribution is 5.80. The first-order valence-corrected chi connectivity index (χ1v) is 6.31. The number of rotatable bonds is 4. The quantitative estimate of drug-likeness (QED) is 0.784. The number of amides is 1. The van der Waals surface area contributed by atoms with Gasteiger partial charge in [0.1, 0.15) is 0 Å². The van der Waals surface area contributed by atoms with E-state index in [-0.39, 0.29) is 35.1 Å². The zero-order chi connectivity index (χ0) is 13.4. The van der Waals surface area contributed by atoms with E-state index in [4.69, 9.17) is 10.5 Å². The summed E-state index contributed by atoms with van der Waals surface area (Å²) < 4.78 is 5.99. The first kappa shape index (κ1) is 14.5. The van der Waals surface area contributed by atoms with Crippen LogP contribution in [0.1, 0.15) is 48.0 Å². The predicted molar refractivity (Wildman–Crippen MR) is 68.6 cm³/mol. The minimum absolute atomic E-state index is 0.150. The van der Waals surface area contributed by atoms with E-state index >= 15 is 0 Å². The van der Waals surface area contributed by atoms with Crippen molar-refractivity contribution in [3.63, 3.8) is 0 Å². The van der Waals surface area contributed by atoms with E-state index in [1.165, 1.54) is 0 Å². The molecule has 1 fully saturated rings. The van der Waals surface area contributed by atoms with Gasteiger partial charge in [-0.2, -0.15) is 0 Å². The van der Waals surface area contributed by atoms with Crippen LogP contribution in [-0.4, -0.2) is 29.2 Å². The van der Waals surface area contributed by atoms with E-state index in [1.54, 1.807) is 0 Å². The van der Waals surface area contributed by atoms with Crippen LogP contribution < -0.4 is 11.1 Å². The van der Waals surface area contributed by atoms with Crippen LogP contribution >= 0.6 is 0 Å². The molecule has 0 saturated carbocycles. The maximum Gasteiger partial charge on any atom is 0.234 e. The lowest BCUT2D eigenvalue weighted by molar-refractivity contribution is -0.121. The Morgan fingerprint density at radius 1 is 1.35 bits per heavy atom. The Labute approximate surface area is 104 Å². The largest absolute Gasteiger partial charge is 0.368 e. The highest BCUT2D eigenvalue weighted by Crippen LogP contribution is 2.37. The lowest BCUT2D eigenvalue weighted by Gasteiger charge is -2.31. The Hall–Kier alpha value is -0.610. The molecule has 0 aromatic rings. The van der Waals surface area contributed by atoms with Crippen molar-refractivity contribution in [2.24, 2.45) is 11.7 Å². The summed E-state index contributed by atoms with van der Waals surface area (Å²) in [5, 5.41) is 3.36. The molecular formula is C13H26N2O2. The lowest BCUT2D eigenvalue weighted by atomic mass is 9.92. The van der Waals surface area contributed by atoms with Gasteiger partial charge in [0, 0.05) is 6.04 Å². The third kappa shape index (κ3) is 3.42. The number of hydrogen-bond acceptors (Lipinski definition) is 3. The molecule has 17 heavy (non-hydrogen) atoms. The molecule has 1 heterocycles. The maximum atomic E-state index is 11.4. The van der Waals surface area contributed by atoms with Gasteiger partial charge in [0.2, 0.25) is 5.91 Å². The van der Waals surface area contributed by atoms with E-state index in [0.29, 0.717) is 0 Å². The van der Waals surface area contributed by atoms with Gasteiger partial charge in [-0.25, -0.2) is 0 Å². The molecular weight excluding hydrogens is 216 g/mol. The summed E-state index contributed by atoms with van der Waals surface area (Å²) in [5.74, 6) is -0.104. The van der Waals surface area contributed by atoms with Gasteiger partial charge in [-0.05, 0) is 40.0 Å². The van der Waals surface area contributed by atoms with Gasteiger partial charge in [0.05, 0.1) is 17.2 Å². The molecule has 1 aliphatic heterocycles. The summed E-state index contributed by atoms with van der Waals surface area (Å²) in [5.41, 5.74) is 5.01. The first-order chi connectivity index (χ1) is 7.55. The molecule has 3 N–H and O–H groups in total. The Bertz CT molecular complexity index is 298. The molecule has 1 rings (SSSR count). The van der Waals surface area contributed by atoms with Gasteiger partial charge < -0.3 is 10.5 Å². The third-order valence-electron chi connectivity index (χ3n) is 3.43. The van der Waals surface area contributed by atoms with Crippen LogP contribution in [0.2, 0.25) is 0 Å². The molecule has 0 aliphatic carbocycles. The van der Waals surface area contributed by atoms with Gasteiger partial charge in [-0.1, -0.05) is 13.8 Å². The van der Waals surface area contributed by atoms with Crippen LogP contribution in [0.4, 0.5) is 0 Å². The van der Waals surface area contributed by atoms with Crippen LogP contribution in [0, 0.1) is 5.92 Å². The molecule has 4 heteroatoms. The van der Waals surface area contributed by atoms with E-state index < -0.39 is 0 Å². The summed E-state index contributed by atoms with van der Waals surface area (Å²) in [7, 11) is 0. The van der Waals surface area contributed by atoms with Crippen molar-refractivity contribution in [3.8, 4) is 0 Å². The molecule has 0 aromatic carbocycles. The minimum Gasteiger partial charge on any atom is -0.368 e. The highest BCUT2D eigenvalue weighted by atomic mass is 16.5. The highest BCUT2D eigenvalue weighted by Gasteiger charge is 2.46. The molecule has 0 spiro atoms. The average molecular weight is 242 g/mol. The summed E-state index contributed by atoms with van der Waals surface area (Å²) in [6.07, 6.45) is 0.885. The lowest BCUT2D eigenvalue weighted by Crippen LogP contribution is -2.54. The van der Waals surface area contributed by atoms with Crippen molar-refractivity contribution < 1.29 is 9.53 Å². The SMILES string of the molecule is CC(C)C(NC1CC(C)(C)OC1(C)C)C(N)=O. The molecule has 2 unspecified atom stereocenters. The Morgan fingerprint density at radius 3 is 2.18 bits per heavy atom.